The fourth-order valence-electron chi connectivity index (χ4n) is 3.78. The molecular formula is C32H28FN3O5S. The summed E-state index contributed by atoms with van der Waals surface area (Å²) in [5.41, 5.74) is 1.30. The topological polar surface area (TPSA) is 106 Å². The number of benzene rings is 4. The van der Waals surface area contributed by atoms with Crippen molar-refractivity contribution in [1.29, 1.82) is 0 Å². The molecule has 4 rings (SSSR count). The van der Waals surface area contributed by atoms with E-state index in [-0.39, 0.29) is 22.9 Å². The van der Waals surface area contributed by atoms with Crippen molar-refractivity contribution in [1.82, 2.24) is 5.32 Å². The standard InChI is InChI=1S/C32H28FN3O5S/c1-40-25-16-24(17-26(19-25)41-2)34-30(37)20-42-27-13-8-12-23(18-27)35-32(39)29(15-22-11-6-7-14-28(22)33)36-31(38)21-9-4-3-5-10-21/h3-19H,20H2,1-2H3,(H,34,37)(H,35,39)(H,36,38)/b29-15-. The lowest BCUT2D eigenvalue weighted by Gasteiger charge is -2.12. The van der Waals surface area contributed by atoms with E-state index >= 15 is 0 Å². The van der Waals surface area contributed by atoms with Crippen molar-refractivity contribution >= 4 is 46.9 Å². The Balaban J connectivity index is 1.44. The first-order valence-electron chi connectivity index (χ1n) is 12.7. The van der Waals surface area contributed by atoms with Crippen LogP contribution in [0, 0.1) is 5.82 Å². The highest BCUT2D eigenvalue weighted by atomic mass is 32.2. The maximum absolute atomic E-state index is 14.4. The first-order chi connectivity index (χ1) is 20.3. The van der Waals surface area contributed by atoms with Gasteiger partial charge >= 0.3 is 0 Å². The predicted molar refractivity (Wildman–Crippen MR) is 162 cm³/mol. The van der Waals surface area contributed by atoms with E-state index in [9.17, 15) is 18.8 Å². The second-order valence-electron chi connectivity index (χ2n) is 8.82. The van der Waals surface area contributed by atoms with Crippen LogP contribution in [0.3, 0.4) is 0 Å². The number of amides is 3. The number of rotatable bonds is 11. The molecule has 0 saturated heterocycles. The van der Waals surface area contributed by atoms with Gasteiger partial charge in [0.05, 0.1) is 20.0 Å². The third kappa shape index (κ3) is 8.45. The van der Waals surface area contributed by atoms with E-state index in [0.717, 1.165) is 4.90 Å². The van der Waals surface area contributed by atoms with Gasteiger partial charge in [0.1, 0.15) is 23.0 Å². The zero-order valence-corrected chi connectivity index (χ0v) is 23.7. The van der Waals surface area contributed by atoms with Crippen LogP contribution in [0.25, 0.3) is 6.08 Å². The van der Waals surface area contributed by atoms with Gasteiger partial charge in [0.25, 0.3) is 11.8 Å². The van der Waals surface area contributed by atoms with E-state index in [1.165, 1.54) is 50.3 Å². The van der Waals surface area contributed by atoms with Crippen molar-refractivity contribution in [3.63, 3.8) is 0 Å². The molecule has 0 heterocycles. The Bertz CT molecular complexity index is 1590. The van der Waals surface area contributed by atoms with Crippen LogP contribution < -0.4 is 25.4 Å². The van der Waals surface area contributed by atoms with Crippen molar-refractivity contribution in [3.05, 3.63) is 120 Å². The first-order valence-corrected chi connectivity index (χ1v) is 13.7. The molecular weight excluding hydrogens is 557 g/mol. The Morgan fingerprint density at radius 2 is 1.48 bits per heavy atom. The second-order valence-corrected chi connectivity index (χ2v) is 9.87. The molecule has 0 unspecified atom stereocenters. The summed E-state index contributed by atoms with van der Waals surface area (Å²) in [7, 11) is 3.05. The van der Waals surface area contributed by atoms with E-state index in [1.54, 1.807) is 78.9 Å². The Morgan fingerprint density at radius 3 is 2.17 bits per heavy atom. The molecule has 3 N–H and O–H groups in total. The van der Waals surface area contributed by atoms with Gasteiger partial charge in [-0.05, 0) is 42.5 Å². The van der Waals surface area contributed by atoms with Gasteiger partial charge < -0.3 is 25.4 Å². The lowest BCUT2D eigenvalue weighted by Crippen LogP contribution is -2.30. The largest absolute Gasteiger partial charge is 0.497 e. The molecule has 0 aliphatic heterocycles. The van der Waals surface area contributed by atoms with Crippen LogP contribution in [0.15, 0.2) is 108 Å². The van der Waals surface area contributed by atoms with Gasteiger partial charge in [-0.3, -0.25) is 14.4 Å². The minimum Gasteiger partial charge on any atom is -0.497 e. The molecule has 0 aromatic heterocycles. The summed E-state index contributed by atoms with van der Waals surface area (Å²) < 4.78 is 24.9. The number of halogens is 1. The van der Waals surface area contributed by atoms with Crippen molar-refractivity contribution in [3.8, 4) is 11.5 Å². The zero-order valence-electron chi connectivity index (χ0n) is 22.8. The van der Waals surface area contributed by atoms with Crippen molar-refractivity contribution in [2.45, 2.75) is 4.90 Å². The van der Waals surface area contributed by atoms with Gasteiger partial charge in [0.2, 0.25) is 5.91 Å². The monoisotopic (exact) mass is 585 g/mol. The molecule has 0 aliphatic carbocycles. The molecule has 8 nitrogen and oxygen atoms in total. The highest BCUT2D eigenvalue weighted by Gasteiger charge is 2.16. The molecule has 3 amide bonds. The number of carbonyl (C=O) groups excluding carboxylic acids is 3. The Labute approximate surface area is 246 Å². The van der Waals surface area contributed by atoms with Crippen LogP contribution in [0.4, 0.5) is 15.8 Å². The smallest absolute Gasteiger partial charge is 0.272 e. The zero-order chi connectivity index (χ0) is 29.9. The quantitative estimate of drug-likeness (QED) is 0.148. The minimum absolute atomic E-state index is 0.0997. The molecule has 0 radical (unpaired) electrons. The highest BCUT2D eigenvalue weighted by molar-refractivity contribution is 8.00. The lowest BCUT2D eigenvalue weighted by molar-refractivity contribution is -0.114. The third-order valence-corrected chi connectivity index (χ3v) is 6.82. The van der Waals surface area contributed by atoms with Crippen molar-refractivity contribution < 1.29 is 28.2 Å². The molecule has 10 heteroatoms. The number of thioether (sulfide) groups is 1. The molecule has 0 saturated carbocycles. The highest BCUT2D eigenvalue weighted by Crippen LogP contribution is 2.27. The van der Waals surface area contributed by atoms with Crippen LogP contribution in [0.5, 0.6) is 11.5 Å². The number of hydrogen-bond donors (Lipinski definition) is 3. The summed E-state index contributed by atoms with van der Waals surface area (Å²) in [4.78, 5) is 39.4. The molecule has 42 heavy (non-hydrogen) atoms. The van der Waals surface area contributed by atoms with Gasteiger partial charge in [0, 0.05) is 45.6 Å². The van der Waals surface area contributed by atoms with Gasteiger partial charge in [-0.2, -0.15) is 0 Å². The van der Waals surface area contributed by atoms with Gasteiger partial charge in [-0.1, -0.05) is 42.5 Å². The predicted octanol–water partition coefficient (Wildman–Crippen LogP) is 5.98. The van der Waals surface area contributed by atoms with E-state index in [1.807, 2.05) is 0 Å². The molecule has 4 aromatic rings. The minimum atomic E-state index is -0.644. The average Bonchev–Trinajstić information content (AvgIpc) is 3.01. The fourth-order valence-corrected chi connectivity index (χ4v) is 4.53. The number of hydrogen-bond acceptors (Lipinski definition) is 6. The maximum Gasteiger partial charge on any atom is 0.272 e. The fraction of sp³-hybridized carbons (Fsp3) is 0.0938. The molecule has 0 aliphatic rings. The SMILES string of the molecule is COc1cc(NC(=O)CSc2cccc(NC(=O)/C(=C/c3ccccc3F)NC(=O)c3ccccc3)c2)cc(OC)c1. The first kappa shape index (κ1) is 29.9. The summed E-state index contributed by atoms with van der Waals surface area (Å²) in [5.74, 6) is -0.757. The summed E-state index contributed by atoms with van der Waals surface area (Å²) in [6.45, 7) is 0. The van der Waals surface area contributed by atoms with Crippen molar-refractivity contribution in [2.75, 3.05) is 30.6 Å². The summed E-state index contributed by atoms with van der Waals surface area (Å²) >= 11 is 1.27. The van der Waals surface area contributed by atoms with Crippen LogP contribution in [0.2, 0.25) is 0 Å². The van der Waals surface area contributed by atoms with E-state index in [2.05, 4.69) is 16.0 Å². The Kier molecular flexibility index (Phi) is 10.3. The van der Waals surface area contributed by atoms with Gasteiger partial charge in [0.15, 0.2) is 0 Å². The third-order valence-electron chi connectivity index (χ3n) is 5.83. The Morgan fingerprint density at radius 1 is 0.786 bits per heavy atom. The molecule has 0 fully saturated rings. The maximum atomic E-state index is 14.4. The van der Waals surface area contributed by atoms with E-state index in [0.29, 0.717) is 28.4 Å². The summed E-state index contributed by atoms with van der Waals surface area (Å²) in [5, 5.41) is 8.15. The van der Waals surface area contributed by atoms with Crippen LogP contribution in [-0.4, -0.2) is 37.7 Å². The lowest BCUT2D eigenvalue weighted by atomic mass is 10.1. The normalized spacial score (nSPS) is 10.9. The van der Waals surface area contributed by atoms with Crippen LogP contribution in [-0.2, 0) is 9.59 Å². The van der Waals surface area contributed by atoms with E-state index in [4.69, 9.17) is 9.47 Å². The van der Waals surface area contributed by atoms with Crippen LogP contribution in [0.1, 0.15) is 15.9 Å². The molecule has 0 atom stereocenters. The van der Waals surface area contributed by atoms with Gasteiger partial charge in [-0.15, -0.1) is 11.8 Å². The molecule has 0 bridgehead atoms. The Hall–Kier alpha value is -5.09. The number of ether oxygens (including phenoxy) is 2. The van der Waals surface area contributed by atoms with Crippen molar-refractivity contribution in [2.24, 2.45) is 0 Å². The number of anilines is 2. The summed E-state index contributed by atoms with van der Waals surface area (Å²) in [6.07, 6.45) is 1.28. The number of methoxy groups -OCH3 is 2. The average molecular weight is 586 g/mol. The number of nitrogens with one attached hydrogen (secondary N) is 3. The second kappa shape index (κ2) is 14.5. The molecule has 4 aromatic carbocycles. The van der Waals surface area contributed by atoms with Crippen LogP contribution >= 0.6 is 11.8 Å². The molecule has 0 spiro atoms. The van der Waals surface area contributed by atoms with E-state index < -0.39 is 17.6 Å². The molecule has 214 valence electrons. The number of carbonyl (C=O) groups is 3. The van der Waals surface area contributed by atoms with Gasteiger partial charge in [-0.25, -0.2) is 4.39 Å². The summed E-state index contributed by atoms with van der Waals surface area (Å²) in [6, 6.07) is 26.3.